The number of hydrogen-bond acceptors (Lipinski definition) is 2. The topological polar surface area (TPSA) is 37.4 Å². The van der Waals surface area contributed by atoms with Crippen molar-refractivity contribution in [2.45, 2.75) is 31.0 Å². The highest BCUT2D eigenvalue weighted by Gasteiger charge is 2.26. The summed E-state index contributed by atoms with van der Waals surface area (Å²) in [4.78, 5) is -0.424. The first-order chi connectivity index (χ1) is 9.20. The minimum absolute atomic E-state index is 0.0787. The van der Waals surface area contributed by atoms with E-state index in [1.165, 1.54) is 13.1 Å². The second-order valence-electron chi connectivity index (χ2n) is 5.02. The van der Waals surface area contributed by atoms with Crippen LogP contribution in [-0.2, 0) is 15.9 Å². The molecule has 0 saturated carbocycles. The van der Waals surface area contributed by atoms with Gasteiger partial charge in [-0.05, 0) is 24.5 Å². The second-order valence-corrected chi connectivity index (χ2v) is 7.74. The summed E-state index contributed by atoms with van der Waals surface area (Å²) >= 11 is 11.4. The smallest absolute Gasteiger partial charge is 0.207 e. The molecule has 0 saturated heterocycles. The van der Waals surface area contributed by atoms with Crippen LogP contribution in [0, 0.1) is 11.7 Å². The fraction of sp³-hybridized carbons (Fsp3) is 0.538. The van der Waals surface area contributed by atoms with Crippen molar-refractivity contribution in [3.63, 3.8) is 0 Å². The highest BCUT2D eigenvalue weighted by molar-refractivity contribution is 7.89. The lowest BCUT2D eigenvalue weighted by atomic mass is 10.1. The zero-order valence-electron chi connectivity index (χ0n) is 11.7. The molecule has 20 heavy (non-hydrogen) atoms. The van der Waals surface area contributed by atoms with E-state index in [0.717, 1.165) is 10.4 Å². The van der Waals surface area contributed by atoms with Gasteiger partial charge in [-0.25, -0.2) is 17.1 Å². The molecule has 1 aromatic carbocycles. The molecule has 3 nitrogen and oxygen atoms in total. The average molecular weight is 342 g/mol. The van der Waals surface area contributed by atoms with Gasteiger partial charge in [0.1, 0.15) is 10.7 Å². The molecule has 0 aliphatic heterocycles. The average Bonchev–Trinajstić information content (AvgIpc) is 2.37. The molecule has 0 fully saturated rings. The maximum atomic E-state index is 14.2. The van der Waals surface area contributed by atoms with Crippen molar-refractivity contribution in [2.24, 2.45) is 5.92 Å². The SMILES string of the molecule is CC(C)CCN(C)S(=O)(=O)c1cc(Cl)cc(CCl)c1F. The Morgan fingerprint density at radius 1 is 1.35 bits per heavy atom. The lowest BCUT2D eigenvalue weighted by Gasteiger charge is -2.19. The van der Waals surface area contributed by atoms with Crippen molar-refractivity contribution in [1.29, 1.82) is 0 Å². The zero-order chi connectivity index (χ0) is 15.5. The van der Waals surface area contributed by atoms with Gasteiger partial charge in [0.05, 0.1) is 5.88 Å². The number of sulfonamides is 1. The van der Waals surface area contributed by atoms with Crippen molar-refractivity contribution in [3.05, 3.63) is 28.5 Å². The Hall–Kier alpha value is -0.360. The van der Waals surface area contributed by atoms with Gasteiger partial charge in [0.25, 0.3) is 0 Å². The van der Waals surface area contributed by atoms with E-state index in [4.69, 9.17) is 23.2 Å². The first-order valence-electron chi connectivity index (χ1n) is 6.20. The van der Waals surface area contributed by atoms with Crippen molar-refractivity contribution in [3.8, 4) is 0 Å². The van der Waals surface area contributed by atoms with Crippen LogP contribution in [0.4, 0.5) is 4.39 Å². The summed E-state index contributed by atoms with van der Waals surface area (Å²) in [5, 5.41) is 0.151. The summed E-state index contributed by atoms with van der Waals surface area (Å²) in [7, 11) is -2.48. The Kier molecular flexibility index (Phi) is 6.25. The van der Waals surface area contributed by atoms with Gasteiger partial charge in [-0.2, -0.15) is 0 Å². The Balaban J connectivity index is 3.18. The van der Waals surface area contributed by atoms with E-state index in [1.807, 2.05) is 13.8 Å². The highest BCUT2D eigenvalue weighted by Crippen LogP contribution is 2.27. The molecule has 0 aromatic heterocycles. The first kappa shape index (κ1) is 17.7. The predicted octanol–water partition coefficient (Wildman–Crippen LogP) is 3.88. The molecule has 0 heterocycles. The lowest BCUT2D eigenvalue weighted by Crippen LogP contribution is -2.29. The van der Waals surface area contributed by atoms with Crippen LogP contribution in [0.25, 0.3) is 0 Å². The highest BCUT2D eigenvalue weighted by atomic mass is 35.5. The van der Waals surface area contributed by atoms with Crippen LogP contribution in [0.1, 0.15) is 25.8 Å². The van der Waals surface area contributed by atoms with E-state index in [0.29, 0.717) is 18.9 Å². The van der Waals surface area contributed by atoms with Crippen molar-refractivity contribution in [1.82, 2.24) is 4.31 Å². The number of rotatable bonds is 6. The van der Waals surface area contributed by atoms with Crippen LogP contribution in [-0.4, -0.2) is 26.3 Å². The molecule has 0 atom stereocenters. The fourth-order valence-corrected chi connectivity index (χ4v) is 3.45. The normalized spacial score (nSPS) is 12.4. The molecule has 0 aliphatic carbocycles. The molecule has 0 N–H and O–H groups in total. The second kappa shape index (κ2) is 7.07. The summed E-state index contributed by atoms with van der Waals surface area (Å²) < 4.78 is 40.0. The van der Waals surface area contributed by atoms with Crippen molar-refractivity contribution in [2.75, 3.05) is 13.6 Å². The lowest BCUT2D eigenvalue weighted by molar-refractivity contribution is 0.424. The predicted molar refractivity (Wildman–Crippen MR) is 80.2 cm³/mol. The Bertz CT molecular complexity index is 576. The van der Waals surface area contributed by atoms with Crippen LogP contribution in [0.15, 0.2) is 17.0 Å². The molecule has 0 bridgehead atoms. The summed E-state index contributed by atoms with van der Waals surface area (Å²) in [6.45, 7) is 4.31. The summed E-state index contributed by atoms with van der Waals surface area (Å²) in [5.74, 6) is -0.610. The minimum Gasteiger partial charge on any atom is -0.207 e. The number of nitrogens with zero attached hydrogens (tertiary/aromatic N) is 1. The summed E-state index contributed by atoms with van der Waals surface area (Å²) in [5.41, 5.74) is 0.0787. The van der Waals surface area contributed by atoms with Gasteiger partial charge >= 0.3 is 0 Å². The third-order valence-corrected chi connectivity index (χ3v) is 5.30. The van der Waals surface area contributed by atoms with Crippen LogP contribution >= 0.6 is 23.2 Å². The van der Waals surface area contributed by atoms with E-state index in [9.17, 15) is 12.8 Å². The molecule has 1 aromatic rings. The molecule has 0 spiro atoms. The van der Waals surface area contributed by atoms with E-state index in [-0.39, 0.29) is 16.5 Å². The van der Waals surface area contributed by atoms with Crippen molar-refractivity contribution >= 4 is 33.2 Å². The van der Waals surface area contributed by atoms with Crippen LogP contribution in [0.2, 0.25) is 5.02 Å². The van der Waals surface area contributed by atoms with Gasteiger partial charge in [0, 0.05) is 24.2 Å². The molecule has 1 rings (SSSR count). The van der Waals surface area contributed by atoms with Gasteiger partial charge < -0.3 is 0 Å². The molecular formula is C13H18Cl2FNO2S. The van der Waals surface area contributed by atoms with Gasteiger partial charge in [-0.3, -0.25) is 0 Å². The Morgan fingerprint density at radius 3 is 2.45 bits per heavy atom. The molecule has 0 radical (unpaired) electrons. The van der Waals surface area contributed by atoms with E-state index < -0.39 is 20.7 Å². The Morgan fingerprint density at radius 2 is 1.95 bits per heavy atom. The van der Waals surface area contributed by atoms with E-state index in [1.54, 1.807) is 0 Å². The molecular weight excluding hydrogens is 324 g/mol. The molecule has 7 heteroatoms. The molecule has 0 aliphatic rings. The van der Waals surface area contributed by atoms with Crippen LogP contribution in [0.5, 0.6) is 0 Å². The zero-order valence-corrected chi connectivity index (χ0v) is 14.0. The third kappa shape index (κ3) is 4.07. The quantitative estimate of drug-likeness (QED) is 0.736. The van der Waals surface area contributed by atoms with Crippen LogP contribution < -0.4 is 0 Å². The largest absolute Gasteiger partial charge is 0.245 e. The summed E-state index contributed by atoms with van der Waals surface area (Å²) in [6, 6.07) is 2.45. The molecule has 114 valence electrons. The van der Waals surface area contributed by atoms with E-state index in [2.05, 4.69) is 0 Å². The third-order valence-electron chi connectivity index (χ3n) is 2.93. The Labute approximate surface area is 129 Å². The molecule has 0 unspecified atom stereocenters. The maximum absolute atomic E-state index is 14.2. The monoisotopic (exact) mass is 341 g/mol. The fourth-order valence-electron chi connectivity index (χ4n) is 1.63. The van der Waals surface area contributed by atoms with Crippen LogP contribution in [0.3, 0.4) is 0 Å². The summed E-state index contributed by atoms with van der Waals surface area (Å²) in [6.07, 6.45) is 0.695. The van der Waals surface area contributed by atoms with Gasteiger partial charge in [0.15, 0.2) is 0 Å². The number of halogens is 3. The standard InChI is InChI=1S/C13H18Cl2FNO2S/c1-9(2)4-5-17(3)20(18,19)12-7-11(15)6-10(8-14)13(12)16/h6-7,9H,4-5,8H2,1-3H3. The first-order valence-corrected chi connectivity index (χ1v) is 8.55. The van der Waals surface area contributed by atoms with E-state index >= 15 is 0 Å². The number of benzene rings is 1. The maximum Gasteiger partial charge on any atom is 0.245 e. The van der Waals surface area contributed by atoms with Crippen molar-refractivity contribution < 1.29 is 12.8 Å². The van der Waals surface area contributed by atoms with Gasteiger partial charge in [-0.1, -0.05) is 25.4 Å². The number of hydrogen-bond donors (Lipinski definition) is 0. The minimum atomic E-state index is -3.91. The van der Waals surface area contributed by atoms with Gasteiger partial charge in [0.2, 0.25) is 10.0 Å². The molecule has 0 amide bonds. The van der Waals surface area contributed by atoms with Gasteiger partial charge in [-0.15, -0.1) is 11.6 Å². The number of alkyl halides is 1.